The van der Waals surface area contributed by atoms with Crippen molar-refractivity contribution in [3.05, 3.63) is 81.5 Å². The van der Waals surface area contributed by atoms with E-state index < -0.39 is 16.7 Å². The number of nitro groups is 1. The molecule has 0 radical (unpaired) electrons. The predicted octanol–water partition coefficient (Wildman–Crippen LogP) is 5.49. The smallest absolute Gasteiger partial charge is 0.416 e. The van der Waals surface area contributed by atoms with Crippen LogP contribution < -0.4 is 9.47 Å². The zero-order valence-corrected chi connectivity index (χ0v) is 20.8. The molecule has 0 aliphatic carbocycles. The number of nitrogens with zero attached hydrogens (tertiary/aromatic N) is 4. The minimum absolute atomic E-state index is 0.220. The van der Waals surface area contributed by atoms with Crippen molar-refractivity contribution in [1.82, 2.24) is 14.5 Å². The first-order chi connectivity index (χ1) is 18.2. The van der Waals surface area contributed by atoms with E-state index in [4.69, 9.17) is 9.47 Å². The van der Waals surface area contributed by atoms with E-state index in [9.17, 15) is 23.3 Å². The molecule has 1 atom stereocenters. The van der Waals surface area contributed by atoms with Crippen molar-refractivity contribution in [2.45, 2.75) is 51.1 Å². The Morgan fingerprint density at radius 3 is 2.34 bits per heavy atom. The lowest BCUT2D eigenvalue weighted by Gasteiger charge is -2.32. The molecule has 2 aromatic carbocycles. The molecule has 1 fully saturated rings. The molecule has 2 aliphatic rings. The first-order valence-electron chi connectivity index (χ1n) is 12.7. The van der Waals surface area contributed by atoms with Crippen molar-refractivity contribution in [3.63, 3.8) is 0 Å². The van der Waals surface area contributed by atoms with Crippen LogP contribution in [0.15, 0.2) is 54.7 Å². The van der Waals surface area contributed by atoms with Crippen LogP contribution in [-0.2, 0) is 25.7 Å². The molecular weight excluding hydrogens is 501 g/mol. The monoisotopic (exact) mass is 530 g/mol. The highest BCUT2D eigenvalue weighted by molar-refractivity contribution is 5.28. The maximum atomic E-state index is 12.8. The number of benzene rings is 2. The second-order valence-electron chi connectivity index (χ2n) is 9.93. The van der Waals surface area contributed by atoms with Gasteiger partial charge in [-0.25, -0.2) is 0 Å². The van der Waals surface area contributed by atoms with Crippen LogP contribution >= 0.6 is 0 Å². The fourth-order valence-electron chi connectivity index (χ4n) is 4.99. The number of imidazole rings is 1. The molecule has 5 rings (SSSR count). The van der Waals surface area contributed by atoms with Gasteiger partial charge in [0.1, 0.15) is 24.7 Å². The van der Waals surface area contributed by atoms with E-state index in [1.807, 2.05) is 12.1 Å². The number of likely N-dealkylation sites (tertiary alicyclic amines) is 1. The highest BCUT2D eigenvalue weighted by Crippen LogP contribution is 2.30. The molecule has 3 aromatic rings. The zero-order valence-electron chi connectivity index (χ0n) is 20.8. The van der Waals surface area contributed by atoms with E-state index in [1.54, 1.807) is 16.7 Å². The van der Waals surface area contributed by atoms with Crippen molar-refractivity contribution in [1.29, 1.82) is 0 Å². The number of fused-ring (bicyclic) bond motifs is 1. The maximum absolute atomic E-state index is 12.8. The van der Waals surface area contributed by atoms with E-state index in [-0.39, 0.29) is 17.9 Å². The maximum Gasteiger partial charge on any atom is 0.416 e. The van der Waals surface area contributed by atoms with Gasteiger partial charge in [-0.3, -0.25) is 9.47 Å². The minimum atomic E-state index is -4.30. The topological polar surface area (TPSA) is 82.7 Å². The van der Waals surface area contributed by atoms with Crippen LogP contribution in [0.5, 0.6) is 11.8 Å². The number of hydrogen-bond donors (Lipinski definition) is 0. The summed E-state index contributed by atoms with van der Waals surface area (Å²) < 4.78 is 51.6. The Morgan fingerprint density at radius 1 is 1.00 bits per heavy atom. The average Bonchev–Trinajstić information content (AvgIpc) is 3.33. The summed E-state index contributed by atoms with van der Waals surface area (Å²) in [6.45, 7) is 3.44. The normalized spacial score (nSPS) is 18.6. The predicted molar refractivity (Wildman–Crippen MR) is 133 cm³/mol. The second kappa shape index (κ2) is 11.0. The molecule has 0 saturated carbocycles. The molecule has 11 heteroatoms. The number of alkyl halides is 3. The molecule has 8 nitrogen and oxygen atoms in total. The van der Waals surface area contributed by atoms with E-state index in [1.165, 1.54) is 11.8 Å². The number of piperidine rings is 1. The van der Waals surface area contributed by atoms with Crippen LogP contribution in [0.1, 0.15) is 36.0 Å². The van der Waals surface area contributed by atoms with Gasteiger partial charge in [-0.15, -0.1) is 0 Å². The van der Waals surface area contributed by atoms with Crippen LogP contribution in [0.2, 0.25) is 0 Å². The molecule has 0 amide bonds. The molecule has 1 unspecified atom stereocenters. The van der Waals surface area contributed by atoms with Gasteiger partial charge >= 0.3 is 18.0 Å². The summed E-state index contributed by atoms with van der Waals surface area (Å²) in [5.74, 6) is 1.08. The van der Waals surface area contributed by atoms with Gasteiger partial charge in [-0.1, -0.05) is 24.3 Å². The van der Waals surface area contributed by atoms with Crippen molar-refractivity contribution in [2.24, 2.45) is 5.92 Å². The number of hydrogen-bond acceptors (Lipinski definition) is 6. The number of ether oxygens (including phenoxy) is 2. The molecule has 2 aliphatic heterocycles. The quantitative estimate of drug-likeness (QED) is 0.283. The van der Waals surface area contributed by atoms with Gasteiger partial charge < -0.3 is 19.6 Å². The molecular formula is C27H29F3N4O4. The highest BCUT2D eigenvalue weighted by Gasteiger charge is 2.30. The summed E-state index contributed by atoms with van der Waals surface area (Å²) in [6, 6.07) is 13.7. The summed E-state index contributed by atoms with van der Waals surface area (Å²) in [5, 5.41) is 10.9. The Morgan fingerprint density at radius 2 is 1.68 bits per heavy atom. The summed E-state index contributed by atoms with van der Waals surface area (Å²) in [7, 11) is 0. The lowest BCUT2D eigenvalue weighted by atomic mass is 9.90. The molecule has 38 heavy (non-hydrogen) atoms. The van der Waals surface area contributed by atoms with Crippen LogP contribution in [-0.4, -0.2) is 45.2 Å². The van der Waals surface area contributed by atoms with Gasteiger partial charge in [0, 0.05) is 24.5 Å². The largest absolute Gasteiger partial charge is 0.490 e. The SMILES string of the molecule is O=[N+]([O-])c1cn2c(n1)OC(COc1ccc(CC3CCN(Cc4ccc(C(F)(F)F)cc4)CC3)cc1)CC2. The van der Waals surface area contributed by atoms with Gasteiger partial charge in [-0.2, -0.15) is 13.2 Å². The number of halogens is 3. The van der Waals surface area contributed by atoms with E-state index in [0.717, 1.165) is 55.8 Å². The average molecular weight is 531 g/mol. The third-order valence-corrected chi connectivity index (χ3v) is 7.16. The van der Waals surface area contributed by atoms with E-state index >= 15 is 0 Å². The van der Waals surface area contributed by atoms with E-state index in [2.05, 4.69) is 22.0 Å². The fraction of sp³-hybridized carbons (Fsp3) is 0.444. The van der Waals surface area contributed by atoms with Crippen molar-refractivity contribution < 1.29 is 27.6 Å². The Kier molecular flexibility index (Phi) is 7.55. The minimum Gasteiger partial charge on any atom is -0.490 e. The second-order valence-corrected chi connectivity index (χ2v) is 9.93. The van der Waals surface area contributed by atoms with Gasteiger partial charge in [0.05, 0.1) is 5.56 Å². The summed E-state index contributed by atoms with van der Waals surface area (Å²) in [4.78, 5) is 16.6. The lowest BCUT2D eigenvalue weighted by molar-refractivity contribution is -0.389. The Labute approximate surface area is 218 Å². The first-order valence-corrected chi connectivity index (χ1v) is 12.7. The fourth-order valence-corrected chi connectivity index (χ4v) is 4.99. The zero-order chi connectivity index (χ0) is 26.7. The molecule has 0 spiro atoms. The molecule has 1 aromatic heterocycles. The highest BCUT2D eigenvalue weighted by atomic mass is 19.4. The van der Waals surface area contributed by atoms with Crippen LogP contribution in [0.3, 0.4) is 0 Å². The summed E-state index contributed by atoms with van der Waals surface area (Å²) >= 11 is 0. The molecule has 0 N–H and O–H groups in total. The number of aromatic nitrogens is 2. The molecule has 202 valence electrons. The summed E-state index contributed by atoms with van der Waals surface area (Å²) in [5.41, 5.74) is 1.53. The third-order valence-electron chi connectivity index (χ3n) is 7.16. The van der Waals surface area contributed by atoms with Crippen LogP contribution in [0.4, 0.5) is 19.0 Å². The lowest BCUT2D eigenvalue weighted by Crippen LogP contribution is -2.33. The molecule has 0 bridgehead atoms. The van der Waals surface area contributed by atoms with Gasteiger partial charge in [0.25, 0.3) is 0 Å². The number of rotatable bonds is 8. The Bertz CT molecular complexity index is 1240. The Balaban J connectivity index is 1.04. The number of aryl methyl sites for hydroxylation is 1. The summed E-state index contributed by atoms with van der Waals surface area (Å²) in [6.07, 6.45) is 0.601. The molecule has 3 heterocycles. The van der Waals surface area contributed by atoms with Crippen molar-refractivity contribution in [2.75, 3.05) is 19.7 Å². The van der Waals surface area contributed by atoms with Gasteiger partial charge in [-0.05, 0) is 78.6 Å². The van der Waals surface area contributed by atoms with Gasteiger partial charge in [0.15, 0.2) is 0 Å². The first kappa shape index (κ1) is 26.0. The Hall–Kier alpha value is -3.60. The van der Waals surface area contributed by atoms with Crippen molar-refractivity contribution in [3.8, 4) is 11.8 Å². The standard InChI is InChI=1S/C27H29F3N4O4/c28-27(29,30)22-5-1-21(2-6-22)16-32-12-9-20(10-13-32)15-19-3-7-23(8-4-19)37-18-24-11-14-33-17-25(34(35)36)31-26(33)38-24/h1-8,17,20,24H,9-16,18H2. The van der Waals surface area contributed by atoms with E-state index in [0.29, 0.717) is 32.0 Å². The molecule has 1 saturated heterocycles. The van der Waals surface area contributed by atoms with Gasteiger partial charge in [0.2, 0.25) is 0 Å². The third kappa shape index (κ3) is 6.45. The van der Waals surface area contributed by atoms with Crippen molar-refractivity contribution >= 4 is 5.82 Å². The van der Waals surface area contributed by atoms with Crippen LogP contribution in [0.25, 0.3) is 0 Å². The van der Waals surface area contributed by atoms with Crippen LogP contribution in [0, 0.1) is 16.0 Å².